The van der Waals surface area contributed by atoms with Crippen LogP contribution in [-0.2, 0) is 32.1 Å². The first-order valence-corrected chi connectivity index (χ1v) is 16.5. The maximum Gasteiger partial charge on any atom is 0.243 e. The first-order valence-electron chi connectivity index (χ1n) is 16.5. The molecule has 0 aromatic heterocycles. The predicted molar refractivity (Wildman–Crippen MR) is 163 cm³/mol. The number of amides is 4. The van der Waals surface area contributed by atoms with E-state index in [1.807, 2.05) is 34.1 Å². The highest BCUT2D eigenvalue weighted by molar-refractivity contribution is 5.89. The van der Waals surface area contributed by atoms with Gasteiger partial charge in [-0.3, -0.25) is 19.2 Å². The summed E-state index contributed by atoms with van der Waals surface area (Å²) in [6.07, 6.45) is 6.48. The van der Waals surface area contributed by atoms with Crippen LogP contribution in [0.25, 0.3) is 0 Å². The van der Waals surface area contributed by atoms with Gasteiger partial charge in [0.05, 0.1) is 6.42 Å². The van der Waals surface area contributed by atoms with Crippen molar-refractivity contribution < 1.29 is 19.2 Å². The molecule has 4 fully saturated rings. The molecule has 1 aromatic carbocycles. The Hall–Kier alpha value is -2.98. The minimum atomic E-state index is -0.530. The molecule has 234 valence electrons. The maximum atomic E-state index is 14.1. The molecule has 43 heavy (non-hydrogen) atoms. The molecule has 5 heterocycles. The van der Waals surface area contributed by atoms with Crippen molar-refractivity contribution in [2.24, 2.45) is 11.8 Å². The van der Waals surface area contributed by atoms with E-state index in [9.17, 15) is 19.2 Å². The Labute approximate surface area is 255 Å². The van der Waals surface area contributed by atoms with E-state index in [0.29, 0.717) is 45.1 Å². The summed E-state index contributed by atoms with van der Waals surface area (Å²) in [5.41, 5.74) is 1.86. The van der Waals surface area contributed by atoms with Crippen molar-refractivity contribution in [3.8, 4) is 0 Å². The number of fused-ring (bicyclic) bond motifs is 4. The third kappa shape index (κ3) is 7.06. The SMILES string of the molecule is CN1CCC(N[C@H]2C[C@H]3C(=O)NCc4ccccc4CC(=O)N4CC[C@@H](CC(=O)N5CCCC5)[C@@H](CC(=O)N3C2)C4)CC1. The molecule has 4 saturated heterocycles. The van der Waals surface area contributed by atoms with Crippen molar-refractivity contribution >= 4 is 23.6 Å². The Balaban J connectivity index is 1.24. The number of hydrogen-bond donors (Lipinski definition) is 2. The number of benzene rings is 1. The van der Waals surface area contributed by atoms with Crippen LogP contribution in [0.2, 0.25) is 0 Å². The van der Waals surface area contributed by atoms with E-state index in [2.05, 4.69) is 22.6 Å². The molecule has 10 heteroatoms. The van der Waals surface area contributed by atoms with Crippen LogP contribution >= 0.6 is 0 Å². The zero-order valence-corrected chi connectivity index (χ0v) is 25.6. The van der Waals surface area contributed by atoms with Gasteiger partial charge in [-0.1, -0.05) is 24.3 Å². The van der Waals surface area contributed by atoms with Gasteiger partial charge in [-0.2, -0.15) is 0 Å². The minimum Gasteiger partial charge on any atom is -0.350 e. The van der Waals surface area contributed by atoms with Crippen LogP contribution in [0.5, 0.6) is 0 Å². The molecule has 4 atom stereocenters. The van der Waals surface area contributed by atoms with Crippen molar-refractivity contribution in [1.82, 2.24) is 30.2 Å². The van der Waals surface area contributed by atoms with E-state index in [4.69, 9.17) is 0 Å². The molecule has 0 unspecified atom stereocenters. The summed E-state index contributed by atoms with van der Waals surface area (Å²) < 4.78 is 0. The van der Waals surface area contributed by atoms with Gasteiger partial charge in [0.2, 0.25) is 23.6 Å². The fourth-order valence-corrected chi connectivity index (χ4v) is 7.94. The smallest absolute Gasteiger partial charge is 0.243 e. The molecule has 2 bridgehead atoms. The molecular weight excluding hydrogens is 544 g/mol. The molecule has 2 N–H and O–H groups in total. The standard InChI is InChI=1S/C33H48N6O4/c1-36-13-9-27(10-14-36)35-28-19-29-33(43)34-20-25-7-3-2-6-23(25)16-31(41)38-15-8-24(17-30(40)37-11-4-5-12-37)26(21-38)18-32(42)39(29)22-28/h2-3,6-7,24,26-29,35H,4-5,8-22H2,1H3,(H,34,43)/t24-,26-,28-,29-/m0/s1. The Bertz CT molecular complexity index is 1190. The Morgan fingerprint density at radius 3 is 2.42 bits per heavy atom. The van der Waals surface area contributed by atoms with E-state index < -0.39 is 6.04 Å². The average Bonchev–Trinajstić information content (AvgIpc) is 3.69. The van der Waals surface area contributed by atoms with E-state index in [1.165, 1.54) is 0 Å². The monoisotopic (exact) mass is 592 g/mol. The lowest BCUT2D eigenvalue weighted by Gasteiger charge is -2.40. The summed E-state index contributed by atoms with van der Waals surface area (Å²) in [6, 6.07) is 7.73. The van der Waals surface area contributed by atoms with Gasteiger partial charge in [0.1, 0.15) is 6.04 Å². The summed E-state index contributed by atoms with van der Waals surface area (Å²) >= 11 is 0. The van der Waals surface area contributed by atoms with E-state index >= 15 is 0 Å². The van der Waals surface area contributed by atoms with Crippen LogP contribution in [0.4, 0.5) is 0 Å². The zero-order valence-electron chi connectivity index (χ0n) is 25.6. The number of hydrogen-bond acceptors (Lipinski definition) is 6. The molecule has 10 nitrogen and oxygen atoms in total. The molecule has 6 rings (SSSR count). The minimum absolute atomic E-state index is 0.0387. The predicted octanol–water partition coefficient (Wildman–Crippen LogP) is 1.38. The summed E-state index contributed by atoms with van der Waals surface area (Å²) in [5.74, 6) is -0.0276. The lowest BCUT2D eigenvalue weighted by Crippen LogP contribution is -2.50. The zero-order chi connectivity index (χ0) is 29.9. The van der Waals surface area contributed by atoms with Gasteiger partial charge in [0.25, 0.3) is 0 Å². The second-order valence-corrected chi connectivity index (χ2v) is 13.5. The quantitative estimate of drug-likeness (QED) is 0.548. The van der Waals surface area contributed by atoms with Gasteiger partial charge < -0.3 is 30.2 Å². The Kier molecular flexibility index (Phi) is 9.33. The number of carbonyl (C=O) groups is 4. The highest BCUT2D eigenvalue weighted by Crippen LogP contribution is 2.33. The van der Waals surface area contributed by atoms with Crippen molar-refractivity contribution in [3.05, 3.63) is 35.4 Å². The van der Waals surface area contributed by atoms with Crippen LogP contribution in [0.3, 0.4) is 0 Å². The molecule has 1 aromatic rings. The summed E-state index contributed by atoms with van der Waals surface area (Å²) in [5, 5.41) is 6.88. The largest absolute Gasteiger partial charge is 0.350 e. The molecule has 0 radical (unpaired) electrons. The number of nitrogens with zero attached hydrogens (tertiary/aromatic N) is 4. The second-order valence-electron chi connectivity index (χ2n) is 13.5. The first kappa shape index (κ1) is 30.1. The molecule has 0 aliphatic carbocycles. The third-order valence-corrected chi connectivity index (χ3v) is 10.6. The van der Waals surface area contributed by atoms with E-state index in [-0.39, 0.29) is 54.3 Å². The highest BCUT2D eigenvalue weighted by Gasteiger charge is 2.43. The summed E-state index contributed by atoms with van der Waals surface area (Å²) in [7, 11) is 2.15. The molecular formula is C33H48N6O4. The Morgan fingerprint density at radius 1 is 0.907 bits per heavy atom. The first-order chi connectivity index (χ1) is 20.8. The van der Waals surface area contributed by atoms with Crippen LogP contribution in [0.1, 0.15) is 62.5 Å². The molecule has 0 saturated carbocycles. The average molecular weight is 593 g/mol. The highest BCUT2D eigenvalue weighted by atomic mass is 16.2. The molecule has 5 aliphatic heterocycles. The number of rotatable bonds is 4. The molecule has 5 aliphatic rings. The third-order valence-electron chi connectivity index (χ3n) is 10.6. The van der Waals surface area contributed by atoms with E-state index in [0.717, 1.165) is 69.4 Å². The maximum absolute atomic E-state index is 14.1. The van der Waals surface area contributed by atoms with Gasteiger partial charge in [-0.15, -0.1) is 0 Å². The lowest BCUT2D eigenvalue weighted by atomic mass is 9.80. The van der Waals surface area contributed by atoms with Gasteiger partial charge >= 0.3 is 0 Å². The van der Waals surface area contributed by atoms with E-state index in [1.54, 1.807) is 4.90 Å². The number of piperidine rings is 2. The summed E-state index contributed by atoms with van der Waals surface area (Å²) in [6.45, 7) is 5.64. The van der Waals surface area contributed by atoms with Crippen molar-refractivity contribution in [2.75, 3.05) is 52.9 Å². The normalized spacial score (nSPS) is 29.7. The Morgan fingerprint density at radius 2 is 1.65 bits per heavy atom. The molecule has 4 amide bonds. The fourth-order valence-electron chi connectivity index (χ4n) is 7.94. The topological polar surface area (TPSA) is 105 Å². The second kappa shape index (κ2) is 13.3. The van der Waals surface area contributed by atoms with Crippen molar-refractivity contribution in [3.63, 3.8) is 0 Å². The lowest BCUT2D eigenvalue weighted by molar-refractivity contribution is -0.142. The molecule has 0 spiro atoms. The fraction of sp³-hybridized carbons (Fsp3) is 0.697. The van der Waals surface area contributed by atoms with Gasteiger partial charge in [-0.05, 0) is 81.6 Å². The van der Waals surface area contributed by atoms with Crippen molar-refractivity contribution in [1.29, 1.82) is 0 Å². The number of carbonyl (C=O) groups excluding carboxylic acids is 4. The van der Waals surface area contributed by atoms with Gasteiger partial charge in [0, 0.05) is 64.2 Å². The van der Waals surface area contributed by atoms with Gasteiger partial charge in [0.15, 0.2) is 0 Å². The van der Waals surface area contributed by atoms with Crippen LogP contribution < -0.4 is 10.6 Å². The number of nitrogens with one attached hydrogen (secondary N) is 2. The van der Waals surface area contributed by atoms with Crippen LogP contribution in [-0.4, -0.2) is 114 Å². The van der Waals surface area contributed by atoms with Gasteiger partial charge in [-0.25, -0.2) is 0 Å². The van der Waals surface area contributed by atoms with Crippen LogP contribution in [0.15, 0.2) is 24.3 Å². The summed E-state index contributed by atoms with van der Waals surface area (Å²) in [4.78, 5) is 62.5. The number of likely N-dealkylation sites (tertiary alicyclic amines) is 2. The van der Waals surface area contributed by atoms with Crippen molar-refractivity contribution in [2.45, 2.75) is 82.5 Å². The van der Waals surface area contributed by atoms with Crippen LogP contribution in [0, 0.1) is 11.8 Å².